The Balaban J connectivity index is 2.20. The van der Waals surface area contributed by atoms with Crippen LogP contribution < -0.4 is 0 Å². The quantitative estimate of drug-likeness (QED) is 0.722. The van der Waals surface area contributed by atoms with Crippen molar-refractivity contribution in [1.82, 2.24) is 0 Å². The van der Waals surface area contributed by atoms with E-state index in [9.17, 15) is 4.79 Å². The number of hydrogen-bond acceptors (Lipinski definition) is 3. The summed E-state index contributed by atoms with van der Waals surface area (Å²) in [6.07, 6.45) is 0.231. The molecule has 0 N–H and O–H groups in total. The lowest BCUT2D eigenvalue weighted by molar-refractivity contribution is 0.0491. The first-order chi connectivity index (χ1) is 7.11. The lowest BCUT2D eigenvalue weighted by Gasteiger charge is -2.16. The van der Waals surface area contributed by atoms with Gasteiger partial charge in [0.05, 0.1) is 18.1 Å². The topological polar surface area (TPSA) is 26.3 Å². The largest absolute Gasteiger partial charge is 0.374 e. The van der Waals surface area contributed by atoms with Crippen molar-refractivity contribution in [2.75, 3.05) is 0 Å². The van der Waals surface area contributed by atoms with Gasteiger partial charge in [-0.3, -0.25) is 4.79 Å². The first-order valence-corrected chi connectivity index (χ1v) is 6.27. The second-order valence-corrected chi connectivity index (χ2v) is 5.09. The SMILES string of the molecule is CC1OC(C)C(C(=O)c2ccsc2)C1C. The molecule has 0 spiro atoms. The molecule has 3 heteroatoms. The second-order valence-electron chi connectivity index (χ2n) is 4.31. The minimum absolute atomic E-state index is 0.0228. The number of Topliss-reactive ketones (excluding diaryl/α,β-unsaturated/α-hetero) is 1. The van der Waals surface area contributed by atoms with Crippen LogP contribution in [0.15, 0.2) is 16.8 Å². The van der Waals surface area contributed by atoms with Gasteiger partial charge in [-0.15, -0.1) is 0 Å². The van der Waals surface area contributed by atoms with Crippen molar-refractivity contribution in [3.8, 4) is 0 Å². The Bertz CT molecular complexity index is 345. The van der Waals surface area contributed by atoms with Crippen molar-refractivity contribution in [2.45, 2.75) is 33.0 Å². The molecular weight excluding hydrogens is 208 g/mol. The Morgan fingerprint density at radius 3 is 2.53 bits per heavy atom. The monoisotopic (exact) mass is 224 g/mol. The van der Waals surface area contributed by atoms with Gasteiger partial charge >= 0.3 is 0 Å². The predicted molar refractivity (Wildman–Crippen MR) is 61.3 cm³/mol. The van der Waals surface area contributed by atoms with E-state index >= 15 is 0 Å². The van der Waals surface area contributed by atoms with Gasteiger partial charge in [-0.2, -0.15) is 11.3 Å². The lowest BCUT2D eigenvalue weighted by atomic mass is 9.84. The van der Waals surface area contributed by atoms with E-state index < -0.39 is 0 Å². The van der Waals surface area contributed by atoms with Gasteiger partial charge in [-0.25, -0.2) is 0 Å². The maximum absolute atomic E-state index is 12.2. The molecular formula is C12H16O2S. The maximum atomic E-state index is 12.2. The molecule has 82 valence electrons. The smallest absolute Gasteiger partial charge is 0.169 e. The molecule has 0 aromatic carbocycles. The summed E-state index contributed by atoms with van der Waals surface area (Å²) in [7, 11) is 0. The zero-order valence-corrected chi connectivity index (χ0v) is 10.1. The van der Waals surface area contributed by atoms with Gasteiger partial charge < -0.3 is 4.74 Å². The van der Waals surface area contributed by atoms with E-state index in [-0.39, 0.29) is 23.9 Å². The highest BCUT2D eigenvalue weighted by atomic mass is 32.1. The molecule has 1 aliphatic heterocycles. The fourth-order valence-electron chi connectivity index (χ4n) is 2.32. The molecule has 2 heterocycles. The standard InChI is InChI=1S/C12H16O2S/c1-7-8(2)14-9(3)11(7)12(13)10-4-5-15-6-10/h4-9,11H,1-3H3. The highest BCUT2D eigenvalue weighted by molar-refractivity contribution is 7.08. The Morgan fingerprint density at radius 2 is 2.07 bits per heavy atom. The summed E-state index contributed by atoms with van der Waals surface area (Å²) >= 11 is 1.57. The van der Waals surface area contributed by atoms with Crippen LogP contribution in [0, 0.1) is 11.8 Å². The number of thiophene rings is 1. The number of hydrogen-bond donors (Lipinski definition) is 0. The van der Waals surface area contributed by atoms with Crippen molar-refractivity contribution in [3.63, 3.8) is 0 Å². The predicted octanol–water partition coefficient (Wildman–Crippen LogP) is 2.99. The minimum atomic E-state index is 0.0228. The number of carbonyl (C=O) groups excluding carboxylic acids is 1. The lowest BCUT2D eigenvalue weighted by Crippen LogP contribution is -2.26. The average Bonchev–Trinajstić information content (AvgIpc) is 2.76. The first kappa shape index (κ1) is 10.8. The highest BCUT2D eigenvalue weighted by Gasteiger charge is 2.41. The Labute approximate surface area is 94.3 Å². The second kappa shape index (κ2) is 4.06. The van der Waals surface area contributed by atoms with Crippen LogP contribution >= 0.6 is 11.3 Å². The average molecular weight is 224 g/mol. The van der Waals surface area contributed by atoms with E-state index in [0.29, 0.717) is 5.92 Å². The summed E-state index contributed by atoms with van der Waals surface area (Å²) in [5.41, 5.74) is 0.835. The third kappa shape index (κ3) is 1.86. The molecule has 1 aromatic heterocycles. The summed E-state index contributed by atoms with van der Waals surface area (Å²) < 4.78 is 5.69. The van der Waals surface area contributed by atoms with Crippen molar-refractivity contribution in [1.29, 1.82) is 0 Å². The molecule has 1 saturated heterocycles. The zero-order chi connectivity index (χ0) is 11.0. The van der Waals surface area contributed by atoms with E-state index in [2.05, 4.69) is 6.92 Å². The summed E-state index contributed by atoms with van der Waals surface area (Å²) in [5.74, 6) is 0.572. The molecule has 1 aromatic rings. The van der Waals surface area contributed by atoms with Gasteiger partial charge in [-0.1, -0.05) is 6.92 Å². The third-order valence-corrected chi connectivity index (χ3v) is 4.03. The molecule has 4 unspecified atom stereocenters. The molecule has 0 saturated carbocycles. The van der Waals surface area contributed by atoms with Gasteiger partial charge in [0.2, 0.25) is 0 Å². The fourth-order valence-corrected chi connectivity index (χ4v) is 2.96. The fraction of sp³-hybridized carbons (Fsp3) is 0.583. The van der Waals surface area contributed by atoms with E-state index in [4.69, 9.17) is 4.74 Å². The van der Waals surface area contributed by atoms with Gasteiger partial charge in [0.25, 0.3) is 0 Å². The number of ether oxygens (including phenoxy) is 1. The normalized spacial score (nSPS) is 35.7. The number of ketones is 1. The summed E-state index contributed by atoms with van der Waals surface area (Å²) in [5, 5.41) is 3.87. The van der Waals surface area contributed by atoms with Crippen LogP contribution in [0.2, 0.25) is 0 Å². The first-order valence-electron chi connectivity index (χ1n) is 5.33. The Hall–Kier alpha value is -0.670. The Kier molecular flexibility index (Phi) is 2.94. The molecule has 2 nitrogen and oxygen atoms in total. The molecule has 0 bridgehead atoms. The van der Waals surface area contributed by atoms with E-state index in [1.165, 1.54) is 0 Å². The van der Waals surface area contributed by atoms with Crippen LogP contribution in [0.5, 0.6) is 0 Å². The van der Waals surface area contributed by atoms with Crippen molar-refractivity contribution < 1.29 is 9.53 Å². The van der Waals surface area contributed by atoms with Crippen molar-refractivity contribution in [2.24, 2.45) is 11.8 Å². The van der Waals surface area contributed by atoms with Crippen LogP contribution in [0.3, 0.4) is 0 Å². The highest BCUT2D eigenvalue weighted by Crippen LogP contribution is 2.34. The van der Waals surface area contributed by atoms with Crippen LogP contribution in [-0.4, -0.2) is 18.0 Å². The van der Waals surface area contributed by atoms with Crippen LogP contribution in [0.25, 0.3) is 0 Å². The molecule has 15 heavy (non-hydrogen) atoms. The number of rotatable bonds is 2. The summed E-state index contributed by atoms with van der Waals surface area (Å²) in [6, 6.07) is 1.90. The molecule has 1 aliphatic rings. The van der Waals surface area contributed by atoms with E-state index in [1.807, 2.05) is 30.7 Å². The summed E-state index contributed by atoms with van der Waals surface area (Å²) in [4.78, 5) is 12.2. The molecule has 1 fully saturated rings. The third-order valence-electron chi connectivity index (χ3n) is 3.35. The maximum Gasteiger partial charge on any atom is 0.169 e. The van der Waals surface area contributed by atoms with E-state index in [1.54, 1.807) is 11.3 Å². The van der Waals surface area contributed by atoms with Gasteiger partial charge in [0, 0.05) is 10.9 Å². The van der Waals surface area contributed by atoms with Gasteiger partial charge in [-0.05, 0) is 31.2 Å². The number of carbonyl (C=O) groups is 1. The van der Waals surface area contributed by atoms with Crippen molar-refractivity contribution >= 4 is 17.1 Å². The minimum Gasteiger partial charge on any atom is -0.374 e. The van der Waals surface area contributed by atoms with Gasteiger partial charge in [0.1, 0.15) is 0 Å². The molecule has 0 amide bonds. The van der Waals surface area contributed by atoms with Gasteiger partial charge in [0.15, 0.2) is 5.78 Å². The van der Waals surface area contributed by atoms with Crippen LogP contribution in [0.4, 0.5) is 0 Å². The summed E-state index contributed by atoms with van der Waals surface area (Å²) in [6.45, 7) is 6.14. The molecule has 4 atom stereocenters. The Morgan fingerprint density at radius 1 is 1.33 bits per heavy atom. The van der Waals surface area contributed by atoms with Crippen LogP contribution in [0.1, 0.15) is 31.1 Å². The van der Waals surface area contributed by atoms with Crippen LogP contribution in [-0.2, 0) is 4.74 Å². The molecule has 2 rings (SSSR count). The molecule has 0 aliphatic carbocycles. The van der Waals surface area contributed by atoms with Crippen molar-refractivity contribution in [3.05, 3.63) is 22.4 Å². The molecule has 0 radical (unpaired) electrons. The van der Waals surface area contributed by atoms with E-state index in [0.717, 1.165) is 5.56 Å². The zero-order valence-electron chi connectivity index (χ0n) is 9.27.